The van der Waals surface area contributed by atoms with Gasteiger partial charge >= 0.3 is 12.1 Å². The molecule has 0 aliphatic carbocycles. The Labute approximate surface area is 179 Å². The molecule has 2 saturated heterocycles. The molecule has 1 amide bonds. The zero-order valence-electron chi connectivity index (χ0n) is 15.2. The minimum Gasteiger partial charge on any atom is -0.434 e. The van der Waals surface area contributed by atoms with Crippen LogP contribution in [-0.2, 0) is 33.6 Å². The first-order valence-corrected chi connectivity index (χ1v) is 11.7. The fraction of sp³-hybridized carbons (Fsp3) is 0.800. The van der Waals surface area contributed by atoms with Crippen LogP contribution < -0.4 is 0 Å². The smallest absolute Gasteiger partial charge is 0.434 e. The molecule has 2 aliphatic rings. The molecule has 12 heteroatoms. The molecule has 0 aromatic carbocycles. The summed E-state index contributed by atoms with van der Waals surface area (Å²) in [5.74, 6) is -1.50. The number of esters is 1. The number of fused-ring (bicyclic) bond motifs is 1. The van der Waals surface area contributed by atoms with E-state index in [9.17, 15) is 22.8 Å². The van der Waals surface area contributed by atoms with Gasteiger partial charge in [-0.2, -0.15) is 0 Å². The summed E-state index contributed by atoms with van der Waals surface area (Å²) in [4.78, 5) is 37.5. The van der Waals surface area contributed by atoms with Gasteiger partial charge in [0.2, 0.25) is 6.29 Å². The number of ether oxygens (including phenoxy) is 3. The maximum Gasteiger partial charge on any atom is 0.511 e. The summed E-state index contributed by atoms with van der Waals surface area (Å²) in [6.45, 7) is 6.14. The second kappa shape index (κ2) is 7.65. The van der Waals surface area contributed by atoms with Crippen molar-refractivity contribution in [2.45, 2.75) is 65.3 Å². The maximum absolute atomic E-state index is 12.8. The average Bonchev–Trinajstić information content (AvgIpc) is 2.68. The molecule has 4 atom stereocenters. The van der Waals surface area contributed by atoms with E-state index in [0.29, 0.717) is 6.42 Å². The Bertz CT molecular complexity index is 753. The first kappa shape index (κ1) is 22.7. The van der Waals surface area contributed by atoms with E-state index < -0.39 is 52.7 Å². The number of carbonyl (C=O) groups excluding carboxylic acids is 3. The molecule has 0 bridgehead atoms. The number of hydrogen-bond donors (Lipinski definition) is 0. The van der Waals surface area contributed by atoms with Crippen LogP contribution in [0.5, 0.6) is 0 Å². The summed E-state index contributed by atoms with van der Waals surface area (Å²) >= 11 is 4.84. The number of halogens is 2. The van der Waals surface area contributed by atoms with E-state index in [1.807, 2.05) is 6.92 Å². The summed E-state index contributed by atoms with van der Waals surface area (Å²) < 4.78 is 37.5. The lowest BCUT2D eigenvalue weighted by Crippen LogP contribution is -2.69. The van der Waals surface area contributed by atoms with E-state index in [4.69, 9.17) is 14.2 Å². The topological polar surface area (TPSA) is 116 Å². The molecule has 0 aromatic heterocycles. The van der Waals surface area contributed by atoms with Crippen LogP contribution in [0.3, 0.4) is 0 Å². The molecular formula is C15H21BrINO8S. The highest BCUT2D eigenvalue weighted by atomic mass is 127. The Balaban J connectivity index is 2.10. The minimum absolute atomic E-state index is 0.177. The van der Waals surface area contributed by atoms with Gasteiger partial charge in [-0.25, -0.2) is 18.0 Å². The van der Waals surface area contributed by atoms with Crippen molar-refractivity contribution in [1.82, 2.24) is 4.90 Å². The van der Waals surface area contributed by atoms with Gasteiger partial charge in [0.25, 0.3) is 5.91 Å². The molecule has 2 heterocycles. The number of nitrogens with zero attached hydrogens (tertiary/aromatic N) is 1. The first-order valence-electron chi connectivity index (χ1n) is 8.28. The van der Waals surface area contributed by atoms with Gasteiger partial charge in [0.15, 0.2) is 17.5 Å². The Kier molecular flexibility index (Phi) is 6.42. The SMILES string of the molecule is CCCCOC(=O)OC(C)OC(=O)[C@@H]1N2C(=O)[C@@](Br)(I)[C@H]2S(=O)(=O)C1(C)C. The van der Waals surface area contributed by atoms with Crippen LogP contribution in [0.25, 0.3) is 0 Å². The highest BCUT2D eigenvalue weighted by Crippen LogP contribution is 2.57. The third kappa shape index (κ3) is 3.68. The van der Waals surface area contributed by atoms with Crippen LogP contribution in [0, 0.1) is 0 Å². The second-order valence-electron chi connectivity index (χ2n) is 6.81. The van der Waals surface area contributed by atoms with Crippen LogP contribution in [0.2, 0.25) is 0 Å². The van der Waals surface area contributed by atoms with E-state index >= 15 is 0 Å². The van der Waals surface area contributed by atoms with Gasteiger partial charge in [0.05, 0.1) is 6.61 Å². The highest BCUT2D eigenvalue weighted by Gasteiger charge is 2.77. The number of rotatable bonds is 6. The Morgan fingerprint density at radius 3 is 2.48 bits per heavy atom. The molecule has 2 aliphatic heterocycles. The Hall–Kier alpha value is -0.630. The monoisotopic (exact) mass is 581 g/mol. The summed E-state index contributed by atoms with van der Waals surface area (Å²) in [5.41, 5.74) is 0. The highest BCUT2D eigenvalue weighted by molar-refractivity contribution is 14.1. The van der Waals surface area contributed by atoms with Crippen molar-refractivity contribution in [3.05, 3.63) is 0 Å². The van der Waals surface area contributed by atoms with Gasteiger partial charge in [-0.3, -0.25) is 4.79 Å². The molecule has 2 rings (SSSR count). The number of unbranched alkanes of at least 4 members (excludes halogenated alkanes) is 1. The third-order valence-electron chi connectivity index (χ3n) is 4.53. The summed E-state index contributed by atoms with van der Waals surface area (Å²) in [7, 11) is -3.86. The van der Waals surface area contributed by atoms with Crippen LogP contribution >= 0.6 is 38.5 Å². The number of sulfone groups is 1. The standard InChI is InChI=1S/C15H21BrINO8S/c1-5-6-7-24-13(21)26-8(2)25-10(19)9-14(3,4)27(22,23)12-15(16,17)11(20)18(9)12/h8-9,12H,5-7H2,1-4H3/t8?,9-,12+,15+/m0/s1. The third-order valence-corrected chi connectivity index (χ3v) is 9.94. The molecule has 0 aromatic rings. The lowest BCUT2D eigenvalue weighted by Gasteiger charge is -2.45. The normalized spacial score (nSPS) is 31.5. The fourth-order valence-corrected chi connectivity index (χ4v) is 7.84. The summed E-state index contributed by atoms with van der Waals surface area (Å²) in [6.07, 6.45) is -0.791. The summed E-state index contributed by atoms with van der Waals surface area (Å²) in [6, 6.07) is -1.34. The molecule has 0 N–H and O–H groups in total. The number of carbonyl (C=O) groups is 3. The van der Waals surface area contributed by atoms with Crippen LogP contribution in [-0.4, -0.2) is 62.7 Å². The Morgan fingerprint density at radius 1 is 1.33 bits per heavy atom. The lowest BCUT2D eigenvalue weighted by atomic mass is 9.98. The molecule has 154 valence electrons. The van der Waals surface area contributed by atoms with Crippen LogP contribution in [0.4, 0.5) is 4.79 Å². The molecular weight excluding hydrogens is 561 g/mol. The predicted octanol–water partition coefficient (Wildman–Crippen LogP) is 2.10. The van der Waals surface area contributed by atoms with Crippen molar-refractivity contribution >= 4 is 66.4 Å². The van der Waals surface area contributed by atoms with Crippen LogP contribution in [0.1, 0.15) is 40.5 Å². The van der Waals surface area contributed by atoms with Crippen molar-refractivity contribution in [2.75, 3.05) is 6.61 Å². The molecule has 27 heavy (non-hydrogen) atoms. The maximum atomic E-state index is 12.8. The molecule has 2 fully saturated rings. The number of hydrogen-bond acceptors (Lipinski definition) is 8. The lowest BCUT2D eigenvalue weighted by molar-refractivity contribution is -0.179. The Morgan fingerprint density at radius 2 is 1.93 bits per heavy atom. The van der Waals surface area contributed by atoms with Gasteiger partial charge in [-0.15, -0.1) is 0 Å². The van der Waals surface area contributed by atoms with E-state index in [2.05, 4.69) is 15.9 Å². The largest absolute Gasteiger partial charge is 0.511 e. The van der Waals surface area contributed by atoms with Crippen molar-refractivity contribution in [3.8, 4) is 0 Å². The summed E-state index contributed by atoms with van der Waals surface area (Å²) in [5, 5.41) is -1.18. The number of alkyl halides is 2. The van der Waals surface area contributed by atoms with Gasteiger partial charge in [0.1, 0.15) is 10.8 Å². The molecule has 0 saturated carbocycles. The minimum atomic E-state index is -3.86. The van der Waals surface area contributed by atoms with E-state index in [-0.39, 0.29) is 6.61 Å². The number of β-lactam (4-membered cyclic amide) rings is 1. The second-order valence-corrected chi connectivity index (χ2v) is 13.8. The van der Waals surface area contributed by atoms with Crippen LogP contribution in [0.15, 0.2) is 0 Å². The first-order chi connectivity index (χ1) is 12.3. The van der Waals surface area contributed by atoms with Crippen molar-refractivity contribution in [3.63, 3.8) is 0 Å². The zero-order chi connectivity index (χ0) is 20.8. The van der Waals surface area contributed by atoms with Gasteiger partial charge in [0, 0.05) is 6.92 Å². The number of amides is 1. The van der Waals surface area contributed by atoms with Crippen molar-refractivity contribution in [1.29, 1.82) is 0 Å². The molecule has 1 unspecified atom stereocenters. The molecule has 9 nitrogen and oxygen atoms in total. The van der Waals surface area contributed by atoms with E-state index in [1.54, 1.807) is 22.6 Å². The van der Waals surface area contributed by atoms with Gasteiger partial charge in [-0.05, 0) is 20.3 Å². The van der Waals surface area contributed by atoms with Gasteiger partial charge in [-0.1, -0.05) is 51.9 Å². The molecule has 0 radical (unpaired) electrons. The fourth-order valence-electron chi connectivity index (χ4n) is 2.99. The van der Waals surface area contributed by atoms with E-state index in [0.717, 1.165) is 11.3 Å². The van der Waals surface area contributed by atoms with E-state index in [1.165, 1.54) is 20.8 Å². The van der Waals surface area contributed by atoms with Crippen molar-refractivity contribution in [2.24, 2.45) is 0 Å². The average molecular weight is 582 g/mol. The zero-order valence-corrected chi connectivity index (χ0v) is 19.8. The molecule has 0 spiro atoms. The van der Waals surface area contributed by atoms with Gasteiger partial charge < -0.3 is 19.1 Å². The van der Waals surface area contributed by atoms with Crippen molar-refractivity contribution < 1.29 is 37.0 Å². The quantitative estimate of drug-likeness (QED) is 0.117. The predicted molar refractivity (Wildman–Crippen MR) is 106 cm³/mol.